The van der Waals surface area contributed by atoms with Crippen LogP contribution in [0.4, 0.5) is 10.5 Å². The van der Waals surface area contributed by atoms with Gasteiger partial charge in [0.2, 0.25) is 0 Å². The van der Waals surface area contributed by atoms with Crippen molar-refractivity contribution in [3.8, 4) is 0 Å². The molecule has 7 nitrogen and oxygen atoms in total. The molecule has 2 aliphatic rings. The van der Waals surface area contributed by atoms with E-state index < -0.39 is 6.09 Å². The van der Waals surface area contributed by atoms with Gasteiger partial charge in [0, 0.05) is 55.7 Å². The summed E-state index contributed by atoms with van der Waals surface area (Å²) in [7, 11) is 0. The molecular weight excluding hydrogens is 334 g/mol. The average molecular weight is 357 g/mol. The van der Waals surface area contributed by atoms with Crippen LogP contribution < -0.4 is 10.9 Å². The Kier molecular flexibility index (Phi) is 4.55. The second-order valence-corrected chi connectivity index (χ2v) is 7.03. The zero-order valence-electron chi connectivity index (χ0n) is 14.6. The Labute approximate surface area is 151 Å². The number of amides is 1. The Morgan fingerprint density at radius 3 is 2.73 bits per heavy atom. The van der Waals surface area contributed by atoms with Crippen LogP contribution in [-0.2, 0) is 4.74 Å². The molecule has 1 aromatic heterocycles. The molecule has 2 N–H and O–H groups in total. The largest absolute Gasteiger partial charge is 0.465 e. The summed E-state index contributed by atoms with van der Waals surface area (Å²) >= 11 is 0. The fraction of sp³-hybridized carbons (Fsp3) is 0.474. The molecule has 4 rings (SSSR count). The molecule has 2 fully saturated rings. The SMILES string of the molecule is O=C(O)N1CCC(Nc2ccc3ccn(C4CCOCC4)c(=O)c3c2)C1. The van der Waals surface area contributed by atoms with Crippen molar-refractivity contribution in [2.24, 2.45) is 0 Å². The van der Waals surface area contributed by atoms with E-state index in [4.69, 9.17) is 9.84 Å². The number of aromatic nitrogens is 1. The zero-order valence-corrected chi connectivity index (χ0v) is 14.6. The quantitative estimate of drug-likeness (QED) is 0.882. The van der Waals surface area contributed by atoms with Gasteiger partial charge in [0.1, 0.15) is 0 Å². The number of carboxylic acid groups (broad SMARTS) is 1. The Bertz CT molecular complexity index is 873. The van der Waals surface area contributed by atoms with E-state index in [1.165, 1.54) is 4.90 Å². The monoisotopic (exact) mass is 357 g/mol. The first-order valence-corrected chi connectivity index (χ1v) is 9.09. The van der Waals surface area contributed by atoms with Crippen LogP contribution in [0.15, 0.2) is 35.3 Å². The average Bonchev–Trinajstić information content (AvgIpc) is 3.12. The maximum absolute atomic E-state index is 13.0. The van der Waals surface area contributed by atoms with E-state index in [9.17, 15) is 9.59 Å². The van der Waals surface area contributed by atoms with Gasteiger partial charge in [-0.1, -0.05) is 6.07 Å². The van der Waals surface area contributed by atoms with Gasteiger partial charge in [-0.2, -0.15) is 0 Å². The summed E-state index contributed by atoms with van der Waals surface area (Å²) in [4.78, 5) is 25.4. The number of rotatable bonds is 3. The van der Waals surface area contributed by atoms with Crippen LogP contribution in [0.2, 0.25) is 0 Å². The van der Waals surface area contributed by atoms with Crippen LogP contribution in [0.5, 0.6) is 0 Å². The Balaban J connectivity index is 1.58. The van der Waals surface area contributed by atoms with Crippen LogP contribution in [-0.4, -0.2) is 53.0 Å². The summed E-state index contributed by atoms with van der Waals surface area (Å²) in [5, 5.41) is 14.1. The molecule has 2 aromatic rings. The van der Waals surface area contributed by atoms with Crippen LogP contribution in [0.1, 0.15) is 25.3 Å². The van der Waals surface area contributed by atoms with E-state index >= 15 is 0 Å². The normalized spacial score (nSPS) is 21.2. The molecule has 26 heavy (non-hydrogen) atoms. The molecule has 7 heteroatoms. The Hall–Kier alpha value is -2.54. The number of carbonyl (C=O) groups is 1. The van der Waals surface area contributed by atoms with Crippen molar-refractivity contribution < 1.29 is 14.6 Å². The van der Waals surface area contributed by atoms with Crippen molar-refractivity contribution >= 4 is 22.6 Å². The number of pyridine rings is 1. The molecule has 1 aromatic carbocycles. The number of nitrogens with zero attached hydrogens (tertiary/aromatic N) is 2. The number of benzene rings is 1. The van der Waals surface area contributed by atoms with Crippen molar-refractivity contribution in [2.45, 2.75) is 31.3 Å². The van der Waals surface area contributed by atoms with Gasteiger partial charge in [0.15, 0.2) is 0 Å². The molecule has 1 atom stereocenters. The number of hydrogen-bond acceptors (Lipinski definition) is 4. The van der Waals surface area contributed by atoms with E-state index in [0.717, 1.165) is 30.3 Å². The molecule has 0 aliphatic carbocycles. The number of hydrogen-bond donors (Lipinski definition) is 2. The first kappa shape index (κ1) is 16.9. The standard InChI is InChI=1S/C19H23N3O4/c23-18-17-11-14(20-15-4-7-21(12-15)19(24)25)2-1-13(17)3-8-22(18)16-5-9-26-10-6-16/h1-3,8,11,15-16,20H,4-7,9-10,12H2,(H,24,25). The molecule has 0 radical (unpaired) electrons. The second kappa shape index (κ2) is 6.99. The minimum Gasteiger partial charge on any atom is -0.465 e. The van der Waals surface area contributed by atoms with E-state index in [-0.39, 0.29) is 17.6 Å². The third-order valence-corrected chi connectivity index (χ3v) is 5.35. The van der Waals surface area contributed by atoms with E-state index in [1.807, 2.05) is 35.0 Å². The van der Waals surface area contributed by atoms with E-state index in [2.05, 4.69) is 5.32 Å². The predicted octanol–water partition coefficient (Wildman–Crippen LogP) is 2.52. The molecule has 1 amide bonds. The number of likely N-dealkylation sites (tertiary alicyclic amines) is 1. The first-order chi connectivity index (χ1) is 12.6. The van der Waals surface area contributed by atoms with E-state index in [1.54, 1.807) is 0 Å². The second-order valence-electron chi connectivity index (χ2n) is 7.03. The molecular formula is C19H23N3O4. The van der Waals surface area contributed by atoms with E-state index in [0.29, 0.717) is 31.7 Å². The van der Waals surface area contributed by atoms with Crippen molar-refractivity contribution in [1.82, 2.24) is 9.47 Å². The summed E-state index contributed by atoms with van der Waals surface area (Å²) in [5.74, 6) is 0. The van der Waals surface area contributed by atoms with Gasteiger partial charge in [-0.05, 0) is 42.8 Å². The molecule has 2 aliphatic heterocycles. The highest BCUT2D eigenvalue weighted by Gasteiger charge is 2.25. The lowest BCUT2D eigenvalue weighted by Crippen LogP contribution is -2.30. The third-order valence-electron chi connectivity index (χ3n) is 5.35. The highest BCUT2D eigenvalue weighted by Crippen LogP contribution is 2.23. The summed E-state index contributed by atoms with van der Waals surface area (Å²) in [6.07, 6.45) is 3.49. The highest BCUT2D eigenvalue weighted by atomic mass is 16.5. The first-order valence-electron chi connectivity index (χ1n) is 9.09. The molecule has 138 valence electrons. The fourth-order valence-corrected chi connectivity index (χ4v) is 3.88. The number of fused-ring (bicyclic) bond motifs is 1. The Morgan fingerprint density at radius 2 is 2.00 bits per heavy atom. The van der Waals surface area contributed by atoms with Crippen molar-refractivity contribution in [3.05, 3.63) is 40.8 Å². The number of nitrogens with one attached hydrogen (secondary N) is 1. The molecule has 2 saturated heterocycles. The van der Waals surface area contributed by atoms with Gasteiger partial charge >= 0.3 is 6.09 Å². The summed E-state index contributed by atoms with van der Waals surface area (Å²) in [5.41, 5.74) is 0.883. The lowest BCUT2D eigenvalue weighted by atomic mass is 10.1. The van der Waals surface area contributed by atoms with Crippen LogP contribution in [0.25, 0.3) is 10.8 Å². The molecule has 0 spiro atoms. The summed E-state index contributed by atoms with van der Waals surface area (Å²) in [6.45, 7) is 2.39. The predicted molar refractivity (Wildman–Crippen MR) is 98.9 cm³/mol. The maximum Gasteiger partial charge on any atom is 0.407 e. The number of anilines is 1. The van der Waals surface area contributed by atoms with Crippen molar-refractivity contribution in [3.63, 3.8) is 0 Å². The van der Waals surface area contributed by atoms with Gasteiger partial charge in [0.25, 0.3) is 5.56 Å². The van der Waals surface area contributed by atoms with Gasteiger partial charge in [0.05, 0.1) is 0 Å². The fourth-order valence-electron chi connectivity index (χ4n) is 3.88. The maximum atomic E-state index is 13.0. The summed E-state index contributed by atoms with van der Waals surface area (Å²) < 4.78 is 7.23. The lowest BCUT2D eigenvalue weighted by molar-refractivity contribution is 0.0688. The molecule has 1 unspecified atom stereocenters. The third kappa shape index (κ3) is 3.26. The smallest absolute Gasteiger partial charge is 0.407 e. The van der Waals surface area contributed by atoms with Crippen LogP contribution in [0.3, 0.4) is 0 Å². The highest BCUT2D eigenvalue weighted by molar-refractivity contribution is 5.85. The summed E-state index contributed by atoms with van der Waals surface area (Å²) in [6, 6.07) is 8.02. The Morgan fingerprint density at radius 1 is 1.19 bits per heavy atom. The van der Waals surface area contributed by atoms with Gasteiger partial charge < -0.3 is 24.6 Å². The minimum absolute atomic E-state index is 0.0247. The number of ether oxygens (including phenoxy) is 1. The van der Waals surface area contributed by atoms with Crippen LogP contribution >= 0.6 is 0 Å². The van der Waals surface area contributed by atoms with Gasteiger partial charge in [-0.25, -0.2) is 4.79 Å². The molecule has 0 saturated carbocycles. The topological polar surface area (TPSA) is 83.8 Å². The molecule has 0 bridgehead atoms. The van der Waals surface area contributed by atoms with Crippen molar-refractivity contribution in [2.75, 3.05) is 31.6 Å². The lowest BCUT2D eigenvalue weighted by Gasteiger charge is -2.24. The van der Waals surface area contributed by atoms with Crippen molar-refractivity contribution in [1.29, 1.82) is 0 Å². The van der Waals surface area contributed by atoms with Gasteiger partial charge in [-0.15, -0.1) is 0 Å². The zero-order chi connectivity index (χ0) is 18.1. The van der Waals surface area contributed by atoms with Crippen LogP contribution in [0, 0.1) is 0 Å². The molecule has 3 heterocycles. The minimum atomic E-state index is -0.882. The van der Waals surface area contributed by atoms with Gasteiger partial charge in [-0.3, -0.25) is 4.79 Å².